The largest absolute Gasteiger partial charge is 0.338 e. The molecule has 0 aromatic carbocycles. The van der Waals surface area contributed by atoms with Gasteiger partial charge in [-0.3, -0.25) is 0 Å². The molecule has 72 valence electrons. The van der Waals surface area contributed by atoms with Gasteiger partial charge >= 0.3 is 0 Å². The fourth-order valence-corrected chi connectivity index (χ4v) is 1.16. The zero-order valence-electron chi connectivity index (χ0n) is 7.57. The van der Waals surface area contributed by atoms with E-state index >= 15 is 0 Å². The number of hydrogen-bond acceptors (Lipinski definition) is 4. The van der Waals surface area contributed by atoms with Crippen molar-refractivity contribution < 1.29 is 0 Å². The molecule has 1 aromatic heterocycles. The van der Waals surface area contributed by atoms with E-state index in [0.29, 0.717) is 5.95 Å². The Morgan fingerprint density at radius 3 is 2.77 bits per heavy atom. The van der Waals surface area contributed by atoms with Crippen LogP contribution in [0, 0.1) is 0 Å². The van der Waals surface area contributed by atoms with Gasteiger partial charge in [0.2, 0.25) is 5.95 Å². The summed E-state index contributed by atoms with van der Waals surface area (Å²) in [5, 5.41) is 2.98. The first kappa shape index (κ1) is 10.2. The summed E-state index contributed by atoms with van der Waals surface area (Å²) in [5.41, 5.74) is -0.0950. The van der Waals surface area contributed by atoms with Crippen molar-refractivity contribution in [1.29, 1.82) is 0 Å². The molecule has 1 rings (SSSR count). The molecule has 0 radical (unpaired) electrons. The van der Waals surface area contributed by atoms with Gasteiger partial charge in [0.15, 0.2) is 0 Å². The number of alkyl halides is 1. The average molecular weight is 201 g/mol. The Morgan fingerprint density at radius 2 is 2.15 bits per heavy atom. The number of rotatable bonds is 5. The SMILES string of the molecule is CCCCC(Cl)Nc1ncncn1. The first-order valence-electron chi connectivity index (χ1n) is 4.35. The van der Waals surface area contributed by atoms with E-state index < -0.39 is 0 Å². The van der Waals surface area contributed by atoms with Crippen molar-refractivity contribution in [3.63, 3.8) is 0 Å². The van der Waals surface area contributed by atoms with Gasteiger partial charge in [0.1, 0.15) is 18.2 Å². The summed E-state index contributed by atoms with van der Waals surface area (Å²) in [7, 11) is 0. The van der Waals surface area contributed by atoms with Gasteiger partial charge < -0.3 is 5.32 Å². The van der Waals surface area contributed by atoms with Crippen LogP contribution in [-0.4, -0.2) is 20.5 Å². The highest BCUT2D eigenvalue weighted by Crippen LogP contribution is 2.08. The molecule has 4 nitrogen and oxygen atoms in total. The van der Waals surface area contributed by atoms with Gasteiger partial charge in [-0.1, -0.05) is 31.4 Å². The Hall–Kier alpha value is -0.900. The minimum atomic E-state index is -0.0950. The first-order chi connectivity index (χ1) is 6.33. The number of hydrogen-bond donors (Lipinski definition) is 1. The third-order valence-electron chi connectivity index (χ3n) is 1.59. The lowest BCUT2D eigenvalue weighted by Gasteiger charge is -2.09. The Bertz CT molecular complexity index is 229. The summed E-state index contributed by atoms with van der Waals surface area (Å²) in [6, 6.07) is 0. The van der Waals surface area contributed by atoms with E-state index in [0.717, 1.165) is 19.3 Å². The summed E-state index contributed by atoms with van der Waals surface area (Å²) < 4.78 is 0. The second kappa shape index (κ2) is 5.70. The molecule has 13 heavy (non-hydrogen) atoms. The lowest BCUT2D eigenvalue weighted by molar-refractivity contribution is 0.709. The molecule has 0 amide bonds. The zero-order valence-corrected chi connectivity index (χ0v) is 8.33. The van der Waals surface area contributed by atoms with Crippen LogP contribution >= 0.6 is 11.6 Å². The van der Waals surface area contributed by atoms with Crippen molar-refractivity contribution >= 4 is 17.5 Å². The lowest BCUT2D eigenvalue weighted by Crippen LogP contribution is -2.14. The van der Waals surface area contributed by atoms with Gasteiger partial charge in [-0.05, 0) is 6.42 Å². The molecule has 1 N–H and O–H groups in total. The summed E-state index contributed by atoms with van der Waals surface area (Å²) in [5.74, 6) is 0.533. The molecular formula is C8H13ClN4. The topological polar surface area (TPSA) is 50.7 Å². The first-order valence-corrected chi connectivity index (χ1v) is 4.79. The van der Waals surface area contributed by atoms with Crippen LogP contribution in [0.25, 0.3) is 0 Å². The monoisotopic (exact) mass is 200 g/mol. The van der Waals surface area contributed by atoms with E-state index in [4.69, 9.17) is 11.6 Å². The lowest BCUT2D eigenvalue weighted by atomic mass is 10.2. The third-order valence-corrected chi connectivity index (χ3v) is 1.92. The molecular weight excluding hydrogens is 188 g/mol. The molecule has 0 saturated carbocycles. The molecule has 1 heterocycles. The van der Waals surface area contributed by atoms with E-state index in [9.17, 15) is 0 Å². The van der Waals surface area contributed by atoms with Crippen LogP contribution in [0.4, 0.5) is 5.95 Å². The fraction of sp³-hybridized carbons (Fsp3) is 0.625. The number of nitrogens with zero attached hydrogens (tertiary/aromatic N) is 3. The van der Waals surface area contributed by atoms with Crippen molar-refractivity contribution in [2.75, 3.05) is 5.32 Å². The highest BCUT2D eigenvalue weighted by molar-refractivity contribution is 6.21. The van der Waals surface area contributed by atoms with Crippen molar-refractivity contribution in [2.24, 2.45) is 0 Å². The minimum absolute atomic E-state index is 0.0950. The van der Waals surface area contributed by atoms with Gasteiger partial charge in [-0.25, -0.2) is 15.0 Å². The fourth-order valence-electron chi connectivity index (χ4n) is 0.909. The van der Waals surface area contributed by atoms with Crippen LogP contribution in [0.3, 0.4) is 0 Å². The Balaban J connectivity index is 2.32. The van der Waals surface area contributed by atoms with Crippen LogP contribution in [0.5, 0.6) is 0 Å². The number of unbranched alkanes of at least 4 members (excludes halogenated alkanes) is 1. The molecule has 0 bridgehead atoms. The highest BCUT2D eigenvalue weighted by atomic mass is 35.5. The van der Waals surface area contributed by atoms with Gasteiger partial charge in [0, 0.05) is 0 Å². The standard InChI is InChI=1S/C8H13ClN4/c1-2-3-4-7(9)13-8-11-5-10-6-12-8/h5-7H,2-4H2,1H3,(H,10,11,12,13). The van der Waals surface area contributed by atoms with Crippen molar-refractivity contribution in [3.8, 4) is 0 Å². The Morgan fingerprint density at radius 1 is 1.46 bits per heavy atom. The third kappa shape index (κ3) is 4.03. The van der Waals surface area contributed by atoms with Crippen molar-refractivity contribution in [2.45, 2.75) is 31.7 Å². The molecule has 0 aliphatic rings. The van der Waals surface area contributed by atoms with Crippen molar-refractivity contribution in [1.82, 2.24) is 15.0 Å². The maximum absolute atomic E-state index is 5.98. The van der Waals surface area contributed by atoms with Crippen molar-refractivity contribution in [3.05, 3.63) is 12.7 Å². The van der Waals surface area contributed by atoms with E-state index in [1.54, 1.807) is 0 Å². The number of anilines is 1. The predicted octanol–water partition coefficient (Wildman–Crippen LogP) is 2.04. The normalized spacial score (nSPS) is 12.5. The van der Waals surface area contributed by atoms with Gasteiger partial charge in [-0.2, -0.15) is 0 Å². The number of halogens is 1. The predicted molar refractivity (Wildman–Crippen MR) is 52.6 cm³/mol. The summed E-state index contributed by atoms with van der Waals surface area (Å²) in [6.07, 6.45) is 6.05. The summed E-state index contributed by atoms with van der Waals surface area (Å²) in [6.45, 7) is 2.13. The molecule has 0 fully saturated rings. The van der Waals surface area contributed by atoms with Crippen LogP contribution < -0.4 is 5.32 Å². The molecule has 0 spiro atoms. The summed E-state index contributed by atoms with van der Waals surface area (Å²) in [4.78, 5) is 11.5. The van der Waals surface area contributed by atoms with E-state index in [1.807, 2.05) is 0 Å². The Labute approximate surface area is 82.8 Å². The van der Waals surface area contributed by atoms with Gasteiger partial charge in [0.05, 0.1) is 0 Å². The van der Waals surface area contributed by atoms with Crippen LogP contribution in [0.15, 0.2) is 12.7 Å². The average Bonchev–Trinajstić information content (AvgIpc) is 2.16. The molecule has 0 saturated heterocycles. The van der Waals surface area contributed by atoms with E-state index in [2.05, 4.69) is 27.2 Å². The van der Waals surface area contributed by atoms with E-state index in [1.165, 1.54) is 12.7 Å². The van der Waals surface area contributed by atoms with Gasteiger partial charge in [0.25, 0.3) is 0 Å². The minimum Gasteiger partial charge on any atom is -0.338 e. The molecule has 1 aromatic rings. The highest BCUT2D eigenvalue weighted by Gasteiger charge is 2.03. The molecule has 5 heteroatoms. The zero-order chi connectivity index (χ0) is 9.52. The number of nitrogens with one attached hydrogen (secondary N) is 1. The smallest absolute Gasteiger partial charge is 0.226 e. The maximum Gasteiger partial charge on any atom is 0.226 e. The second-order valence-electron chi connectivity index (χ2n) is 2.72. The van der Waals surface area contributed by atoms with E-state index in [-0.39, 0.29) is 5.50 Å². The molecule has 1 atom stereocenters. The van der Waals surface area contributed by atoms with Crippen LogP contribution in [0.2, 0.25) is 0 Å². The molecule has 0 aliphatic carbocycles. The molecule has 0 aliphatic heterocycles. The van der Waals surface area contributed by atoms with Crippen LogP contribution in [-0.2, 0) is 0 Å². The van der Waals surface area contributed by atoms with Crippen LogP contribution in [0.1, 0.15) is 26.2 Å². The maximum atomic E-state index is 5.98. The Kier molecular flexibility index (Phi) is 4.46. The second-order valence-corrected chi connectivity index (χ2v) is 3.24. The number of aromatic nitrogens is 3. The molecule has 1 unspecified atom stereocenters. The van der Waals surface area contributed by atoms with Gasteiger partial charge in [-0.15, -0.1) is 0 Å². The quantitative estimate of drug-likeness (QED) is 0.584. The summed E-state index contributed by atoms with van der Waals surface area (Å²) >= 11 is 5.98.